The van der Waals surface area contributed by atoms with E-state index in [0.717, 1.165) is 32.5 Å². The Kier molecular flexibility index (Phi) is 5.91. The van der Waals surface area contributed by atoms with E-state index in [1.54, 1.807) is 30.3 Å². The minimum absolute atomic E-state index is 0.0993. The molecule has 2 aromatic rings. The van der Waals surface area contributed by atoms with E-state index in [-0.39, 0.29) is 26.7 Å². The zero-order chi connectivity index (χ0) is 21.4. The van der Waals surface area contributed by atoms with E-state index in [9.17, 15) is 22.3 Å². The largest absolute Gasteiger partial charge is 0.351 e. The van der Waals surface area contributed by atoms with Crippen molar-refractivity contribution in [3.8, 4) is 0 Å². The minimum Gasteiger partial charge on any atom is -0.351 e. The first-order chi connectivity index (χ1) is 14.3. The van der Waals surface area contributed by atoms with Gasteiger partial charge in [0.1, 0.15) is 5.25 Å². The van der Waals surface area contributed by atoms with E-state index >= 15 is 0 Å². The van der Waals surface area contributed by atoms with E-state index in [0.29, 0.717) is 6.54 Å². The Labute approximate surface area is 178 Å². The van der Waals surface area contributed by atoms with Gasteiger partial charge in [-0.2, -0.15) is 10.6 Å². The maximum Gasteiger partial charge on any atom is 0.251 e. The summed E-state index contributed by atoms with van der Waals surface area (Å²) in [7, 11) is -7.20. The van der Waals surface area contributed by atoms with Crippen molar-refractivity contribution in [2.45, 2.75) is 27.9 Å². The van der Waals surface area contributed by atoms with E-state index in [4.69, 9.17) is 0 Å². The van der Waals surface area contributed by atoms with Gasteiger partial charge in [-0.3, -0.25) is 13.9 Å². The lowest BCUT2D eigenvalue weighted by Crippen LogP contribution is -2.34. The lowest BCUT2D eigenvalue weighted by atomic mass is 10.0. The fraction of sp³-hybridized carbons (Fsp3) is 0.381. The molecule has 0 spiro atoms. The zero-order valence-corrected chi connectivity index (χ0v) is 18.2. The van der Waals surface area contributed by atoms with Gasteiger partial charge in [0.25, 0.3) is 5.91 Å². The molecule has 30 heavy (non-hydrogen) atoms. The lowest BCUT2D eigenvalue weighted by molar-refractivity contribution is 0.0948. The Morgan fingerprint density at radius 2 is 1.77 bits per heavy atom. The molecule has 0 radical (unpaired) electrons. The molecule has 2 heterocycles. The van der Waals surface area contributed by atoms with Crippen molar-refractivity contribution in [3.05, 3.63) is 59.7 Å². The van der Waals surface area contributed by atoms with Crippen molar-refractivity contribution >= 4 is 26.3 Å². The van der Waals surface area contributed by atoms with Gasteiger partial charge in [-0.05, 0) is 50.2 Å². The maximum absolute atomic E-state index is 13.3. The number of carbonyl (C=O) groups is 1. The minimum atomic E-state index is -3.90. The van der Waals surface area contributed by atoms with Crippen molar-refractivity contribution < 1.29 is 22.3 Å². The second-order valence-corrected chi connectivity index (χ2v) is 11.9. The van der Waals surface area contributed by atoms with Crippen molar-refractivity contribution in [2.75, 3.05) is 31.9 Å². The van der Waals surface area contributed by atoms with Gasteiger partial charge in [0.15, 0.2) is 9.84 Å². The van der Waals surface area contributed by atoms with Crippen LogP contribution in [0.15, 0.2) is 58.3 Å². The Morgan fingerprint density at radius 1 is 1.07 bits per heavy atom. The van der Waals surface area contributed by atoms with Crippen LogP contribution in [0.1, 0.15) is 34.0 Å². The van der Waals surface area contributed by atoms with Crippen LogP contribution in [0.3, 0.4) is 0 Å². The van der Waals surface area contributed by atoms with Crippen LogP contribution < -0.4 is 5.32 Å². The molecule has 2 aromatic carbocycles. The van der Waals surface area contributed by atoms with Crippen LogP contribution in [-0.2, 0) is 9.84 Å². The van der Waals surface area contributed by atoms with Gasteiger partial charge in [0.05, 0.1) is 15.5 Å². The van der Waals surface area contributed by atoms with Gasteiger partial charge in [-0.15, -0.1) is 0 Å². The molecule has 0 bridgehead atoms. The van der Waals surface area contributed by atoms with Gasteiger partial charge in [-0.25, -0.2) is 8.42 Å². The molecule has 1 fully saturated rings. The van der Waals surface area contributed by atoms with E-state index < -0.39 is 31.6 Å². The molecule has 1 atom stereocenters. The maximum atomic E-state index is 13.3. The number of hydrogen-bond acceptors (Lipinski definition) is 6. The summed E-state index contributed by atoms with van der Waals surface area (Å²) in [4.78, 5) is 15.4. The first-order valence-corrected chi connectivity index (χ1v) is 13.3. The van der Waals surface area contributed by atoms with Crippen LogP contribution in [0.4, 0.5) is 0 Å². The lowest BCUT2D eigenvalue weighted by Gasteiger charge is -2.27. The standard InChI is InChI=1S/C21H26N2O5S2/c24-21(22-11-14-23-12-4-5-13-23)17-9-6-10-18-20(17)19(15-29(18,25)26)30(27,28)16-7-2-1-3-8-16/h1-3,6-10,19,25-26H,4-5,11-15H2,(H,22,24). The highest BCUT2D eigenvalue weighted by Crippen LogP contribution is 2.62. The second-order valence-electron chi connectivity index (χ2n) is 7.70. The number of amides is 1. The second kappa shape index (κ2) is 8.32. The highest BCUT2D eigenvalue weighted by Gasteiger charge is 2.45. The number of sulfone groups is 1. The van der Waals surface area contributed by atoms with Gasteiger partial charge < -0.3 is 10.2 Å². The number of nitrogens with zero attached hydrogens (tertiary/aromatic N) is 1. The highest BCUT2D eigenvalue weighted by molar-refractivity contribution is 8.25. The Morgan fingerprint density at radius 3 is 2.47 bits per heavy atom. The molecule has 7 nitrogen and oxygen atoms in total. The summed E-state index contributed by atoms with van der Waals surface area (Å²) in [6, 6.07) is 12.6. The third-order valence-corrected chi connectivity index (χ3v) is 9.88. The van der Waals surface area contributed by atoms with E-state index in [1.807, 2.05) is 0 Å². The van der Waals surface area contributed by atoms with Gasteiger partial charge in [-0.1, -0.05) is 24.3 Å². The number of fused-ring (bicyclic) bond motifs is 1. The summed E-state index contributed by atoms with van der Waals surface area (Å²) in [5.41, 5.74) is 0.399. The Hall–Kier alpha value is -1.91. The van der Waals surface area contributed by atoms with E-state index in [2.05, 4.69) is 10.2 Å². The molecule has 1 saturated heterocycles. The number of rotatable bonds is 6. The zero-order valence-electron chi connectivity index (χ0n) is 16.5. The summed E-state index contributed by atoms with van der Waals surface area (Å²) in [6.45, 7) is 3.24. The molecule has 0 aromatic heterocycles. The Balaban J connectivity index is 1.65. The number of carbonyl (C=O) groups excluding carboxylic acids is 1. The third-order valence-electron chi connectivity index (χ3n) is 5.73. The molecule has 0 aliphatic carbocycles. The molecular weight excluding hydrogens is 424 g/mol. The van der Waals surface area contributed by atoms with Crippen molar-refractivity contribution in [3.63, 3.8) is 0 Å². The topological polar surface area (TPSA) is 107 Å². The van der Waals surface area contributed by atoms with Crippen LogP contribution in [0.25, 0.3) is 0 Å². The van der Waals surface area contributed by atoms with Crippen LogP contribution in [0.2, 0.25) is 0 Å². The molecule has 9 heteroatoms. The molecule has 1 amide bonds. The number of likely N-dealkylation sites (tertiary alicyclic amines) is 1. The summed E-state index contributed by atoms with van der Waals surface area (Å²) >= 11 is 0. The number of nitrogens with one attached hydrogen (secondary N) is 1. The van der Waals surface area contributed by atoms with E-state index in [1.165, 1.54) is 18.2 Å². The van der Waals surface area contributed by atoms with Gasteiger partial charge in [0, 0.05) is 24.2 Å². The Bertz CT molecular complexity index is 1030. The molecule has 1 unspecified atom stereocenters. The van der Waals surface area contributed by atoms with Crippen LogP contribution >= 0.6 is 10.6 Å². The average Bonchev–Trinajstić information content (AvgIpc) is 3.35. The third kappa shape index (κ3) is 4.00. The summed E-state index contributed by atoms with van der Waals surface area (Å²) in [5, 5.41) is 1.69. The van der Waals surface area contributed by atoms with Crippen LogP contribution in [0, 0.1) is 0 Å². The van der Waals surface area contributed by atoms with Crippen LogP contribution in [0.5, 0.6) is 0 Å². The molecule has 3 N–H and O–H groups in total. The SMILES string of the molecule is O=C(NCCN1CCCC1)c1cccc2c1C(S(=O)(=O)c1ccccc1)CS2(O)O. The van der Waals surface area contributed by atoms with Gasteiger partial charge in [0.2, 0.25) is 0 Å². The van der Waals surface area contributed by atoms with Gasteiger partial charge >= 0.3 is 0 Å². The van der Waals surface area contributed by atoms with Crippen molar-refractivity contribution in [1.82, 2.24) is 10.2 Å². The molecule has 0 saturated carbocycles. The average molecular weight is 451 g/mol. The first-order valence-electron chi connectivity index (χ1n) is 9.99. The number of hydrogen-bond donors (Lipinski definition) is 3. The summed E-state index contributed by atoms with van der Waals surface area (Å²) in [5.74, 6) is -0.728. The molecule has 162 valence electrons. The molecular formula is C21H26N2O5S2. The number of benzene rings is 2. The quantitative estimate of drug-likeness (QED) is 0.624. The van der Waals surface area contributed by atoms with Crippen molar-refractivity contribution in [2.24, 2.45) is 0 Å². The molecule has 4 rings (SSSR count). The predicted molar refractivity (Wildman–Crippen MR) is 117 cm³/mol. The smallest absolute Gasteiger partial charge is 0.251 e. The summed E-state index contributed by atoms with van der Waals surface area (Å²) in [6.07, 6.45) is 2.33. The normalized spacial score (nSPS) is 21.9. The first kappa shape index (κ1) is 21.3. The molecule has 2 aliphatic heterocycles. The fourth-order valence-corrected chi connectivity index (χ4v) is 8.65. The van der Waals surface area contributed by atoms with Crippen molar-refractivity contribution in [1.29, 1.82) is 0 Å². The highest BCUT2D eigenvalue weighted by atomic mass is 32.3. The summed E-state index contributed by atoms with van der Waals surface area (Å²) < 4.78 is 47.8. The molecule has 2 aliphatic rings. The predicted octanol–water partition coefficient (Wildman–Crippen LogP) is 3.15. The monoisotopic (exact) mass is 450 g/mol. The van der Waals surface area contributed by atoms with Crippen LogP contribution in [-0.4, -0.2) is 60.3 Å². The fourth-order valence-electron chi connectivity index (χ4n) is 4.19.